The zero-order chi connectivity index (χ0) is 13.9. The summed E-state index contributed by atoms with van der Waals surface area (Å²) in [4.78, 5) is 11.7. The van der Waals surface area contributed by atoms with Crippen LogP contribution in [0.2, 0.25) is 0 Å². The highest BCUT2D eigenvalue weighted by Gasteiger charge is 2.06. The molecule has 1 N–H and O–H groups in total. The van der Waals surface area contributed by atoms with Crippen LogP contribution in [0.25, 0.3) is 0 Å². The van der Waals surface area contributed by atoms with Gasteiger partial charge in [-0.05, 0) is 31.2 Å². The molecule has 4 nitrogen and oxygen atoms in total. The van der Waals surface area contributed by atoms with Gasteiger partial charge in [-0.15, -0.1) is 0 Å². The molecule has 102 valence electrons. The number of amides is 1. The number of hydrogen-bond donors (Lipinski definition) is 1. The maximum atomic E-state index is 11.7. The summed E-state index contributed by atoms with van der Waals surface area (Å²) in [6, 6.07) is 9.47. The van der Waals surface area contributed by atoms with Crippen LogP contribution in [0.15, 0.2) is 24.3 Å². The Morgan fingerprint density at radius 3 is 3.00 bits per heavy atom. The van der Waals surface area contributed by atoms with Gasteiger partial charge >= 0.3 is 0 Å². The number of carbonyl (C=O) groups excluding carboxylic acids is 1. The molecule has 0 saturated heterocycles. The first-order valence-electron chi connectivity index (χ1n) is 6.24. The largest absolute Gasteiger partial charge is 0.492 e. The number of thioether (sulfide) groups is 1. The van der Waals surface area contributed by atoms with E-state index in [1.54, 1.807) is 0 Å². The predicted octanol–water partition coefficient (Wildman–Crippen LogP) is 3.06. The molecule has 0 spiro atoms. The van der Waals surface area contributed by atoms with Crippen LogP contribution in [0.3, 0.4) is 0 Å². The smallest absolute Gasteiger partial charge is 0.234 e. The van der Waals surface area contributed by atoms with Crippen molar-refractivity contribution in [3.63, 3.8) is 0 Å². The van der Waals surface area contributed by atoms with E-state index in [9.17, 15) is 4.79 Å². The standard InChI is InChI=1S/C14H18N2O2S/c1-2-18-13-8-4-3-7-12(13)16-14(17)11-19-10-6-5-9-15/h3-4,7-8H,2,5-6,10-11H2,1H3,(H,16,17). The molecule has 1 aromatic carbocycles. The Kier molecular flexibility index (Phi) is 7.52. The average molecular weight is 278 g/mol. The summed E-state index contributed by atoms with van der Waals surface area (Å²) >= 11 is 1.54. The summed E-state index contributed by atoms with van der Waals surface area (Å²) < 4.78 is 5.44. The number of nitriles is 1. The Morgan fingerprint density at radius 1 is 1.47 bits per heavy atom. The van der Waals surface area contributed by atoms with Crippen LogP contribution in [0.5, 0.6) is 5.75 Å². The lowest BCUT2D eigenvalue weighted by Gasteiger charge is -2.10. The molecule has 5 heteroatoms. The summed E-state index contributed by atoms with van der Waals surface area (Å²) in [5, 5.41) is 11.2. The van der Waals surface area contributed by atoms with Crippen LogP contribution in [0, 0.1) is 11.3 Å². The minimum Gasteiger partial charge on any atom is -0.492 e. The number of rotatable bonds is 8. The van der Waals surface area contributed by atoms with Crippen LogP contribution in [-0.2, 0) is 4.79 Å². The third-order valence-electron chi connectivity index (χ3n) is 2.27. The highest BCUT2D eigenvalue weighted by Crippen LogP contribution is 2.23. The number of para-hydroxylation sites is 2. The summed E-state index contributed by atoms with van der Waals surface area (Å²) in [5.74, 6) is 1.86. The molecule has 1 aromatic rings. The molecule has 0 radical (unpaired) electrons. The van der Waals surface area contributed by atoms with Crippen LogP contribution < -0.4 is 10.1 Å². The van der Waals surface area contributed by atoms with Crippen molar-refractivity contribution in [2.45, 2.75) is 19.8 Å². The van der Waals surface area contributed by atoms with Gasteiger partial charge in [-0.25, -0.2) is 0 Å². The quantitative estimate of drug-likeness (QED) is 0.742. The van der Waals surface area contributed by atoms with Gasteiger partial charge in [-0.2, -0.15) is 17.0 Å². The van der Waals surface area contributed by atoms with Gasteiger partial charge in [0.25, 0.3) is 0 Å². The SMILES string of the molecule is CCOc1ccccc1NC(=O)CSCCCC#N. The van der Waals surface area contributed by atoms with Crippen LogP contribution in [-0.4, -0.2) is 24.0 Å². The maximum Gasteiger partial charge on any atom is 0.234 e. The lowest BCUT2D eigenvalue weighted by molar-refractivity contribution is -0.113. The highest BCUT2D eigenvalue weighted by molar-refractivity contribution is 7.99. The van der Waals surface area contributed by atoms with E-state index >= 15 is 0 Å². The molecule has 0 fully saturated rings. The maximum absolute atomic E-state index is 11.7. The average Bonchev–Trinajstić information content (AvgIpc) is 2.41. The Morgan fingerprint density at radius 2 is 2.26 bits per heavy atom. The fourth-order valence-corrected chi connectivity index (χ4v) is 2.21. The summed E-state index contributed by atoms with van der Waals surface area (Å²) in [6.45, 7) is 2.47. The molecule has 0 aliphatic heterocycles. The van der Waals surface area contributed by atoms with Gasteiger partial charge in [0, 0.05) is 6.42 Å². The number of hydrogen-bond acceptors (Lipinski definition) is 4. The van der Waals surface area contributed by atoms with Crippen molar-refractivity contribution >= 4 is 23.4 Å². The summed E-state index contributed by atoms with van der Waals surface area (Å²) in [5.41, 5.74) is 0.701. The van der Waals surface area contributed by atoms with Crippen molar-refractivity contribution < 1.29 is 9.53 Å². The molecule has 0 saturated carbocycles. The fourth-order valence-electron chi connectivity index (χ4n) is 1.46. The third-order valence-corrected chi connectivity index (χ3v) is 3.32. The second kappa shape index (κ2) is 9.29. The highest BCUT2D eigenvalue weighted by atomic mass is 32.2. The first-order valence-corrected chi connectivity index (χ1v) is 7.39. The third kappa shape index (κ3) is 6.16. The molecule has 0 unspecified atom stereocenters. The number of anilines is 1. The van der Waals surface area contributed by atoms with Gasteiger partial charge in [0.2, 0.25) is 5.91 Å². The topological polar surface area (TPSA) is 62.1 Å². The molecule has 0 aliphatic carbocycles. The molecule has 1 amide bonds. The fraction of sp³-hybridized carbons (Fsp3) is 0.429. The van der Waals surface area contributed by atoms with Gasteiger partial charge in [-0.1, -0.05) is 12.1 Å². The van der Waals surface area contributed by atoms with Crippen LogP contribution >= 0.6 is 11.8 Å². The van der Waals surface area contributed by atoms with E-state index in [4.69, 9.17) is 10.00 Å². The Bertz CT molecular complexity index is 443. The minimum absolute atomic E-state index is 0.0471. The normalized spacial score (nSPS) is 9.68. The molecular formula is C14H18N2O2S. The van der Waals surface area contributed by atoms with Crippen LogP contribution in [0.1, 0.15) is 19.8 Å². The molecule has 0 heterocycles. The van der Waals surface area contributed by atoms with Gasteiger partial charge < -0.3 is 10.1 Å². The van der Waals surface area contributed by atoms with E-state index in [1.165, 1.54) is 11.8 Å². The lowest BCUT2D eigenvalue weighted by Crippen LogP contribution is -2.15. The molecule has 1 rings (SSSR count). The molecular weight excluding hydrogens is 260 g/mol. The van der Waals surface area contributed by atoms with E-state index in [1.807, 2.05) is 31.2 Å². The predicted molar refractivity (Wildman–Crippen MR) is 78.4 cm³/mol. The van der Waals surface area contributed by atoms with E-state index in [0.717, 1.165) is 12.2 Å². The van der Waals surface area contributed by atoms with Crippen molar-refractivity contribution in [2.24, 2.45) is 0 Å². The Labute approximate surface area is 118 Å². The number of carbonyl (C=O) groups is 1. The second-order valence-electron chi connectivity index (χ2n) is 3.79. The molecule has 0 atom stereocenters. The molecule has 0 aliphatic rings. The van der Waals surface area contributed by atoms with Crippen molar-refractivity contribution in [2.75, 3.05) is 23.4 Å². The monoisotopic (exact) mass is 278 g/mol. The number of ether oxygens (including phenoxy) is 1. The van der Waals surface area contributed by atoms with Crippen molar-refractivity contribution in [3.8, 4) is 11.8 Å². The zero-order valence-electron chi connectivity index (χ0n) is 11.0. The van der Waals surface area contributed by atoms with E-state index in [-0.39, 0.29) is 5.91 Å². The summed E-state index contributed by atoms with van der Waals surface area (Å²) in [6.07, 6.45) is 1.37. The first kappa shape index (κ1) is 15.4. The van der Waals surface area contributed by atoms with Gasteiger partial charge in [0.05, 0.1) is 24.1 Å². The van der Waals surface area contributed by atoms with E-state index in [2.05, 4.69) is 11.4 Å². The summed E-state index contributed by atoms with van der Waals surface area (Å²) in [7, 11) is 0. The van der Waals surface area contributed by atoms with Crippen molar-refractivity contribution in [1.29, 1.82) is 5.26 Å². The first-order chi connectivity index (χ1) is 9.27. The zero-order valence-corrected chi connectivity index (χ0v) is 11.8. The number of nitrogens with zero attached hydrogens (tertiary/aromatic N) is 1. The van der Waals surface area contributed by atoms with Gasteiger partial charge in [0.15, 0.2) is 0 Å². The number of nitrogens with one attached hydrogen (secondary N) is 1. The molecule has 0 bridgehead atoms. The number of benzene rings is 1. The van der Waals surface area contributed by atoms with Crippen molar-refractivity contribution in [1.82, 2.24) is 0 Å². The second-order valence-corrected chi connectivity index (χ2v) is 4.90. The van der Waals surface area contributed by atoms with E-state index < -0.39 is 0 Å². The molecule has 0 aromatic heterocycles. The lowest BCUT2D eigenvalue weighted by atomic mass is 10.3. The number of unbranched alkanes of at least 4 members (excludes halogenated alkanes) is 1. The van der Waals surface area contributed by atoms with Crippen molar-refractivity contribution in [3.05, 3.63) is 24.3 Å². The van der Waals surface area contributed by atoms with E-state index in [0.29, 0.717) is 30.2 Å². The van der Waals surface area contributed by atoms with Gasteiger partial charge in [-0.3, -0.25) is 4.79 Å². The molecule has 19 heavy (non-hydrogen) atoms. The van der Waals surface area contributed by atoms with Crippen LogP contribution in [0.4, 0.5) is 5.69 Å². The van der Waals surface area contributed by atoms with Gasteiger partial charge in [0.1, 0.15) is 5.75 Å². The Balaban J connectivity index is 2.38. The minimum atomic E-state index is -0.0471. The Hall–Kier alpha value is -1.67.